The fourth-order valence-corrected chi connectivity index (χ4v) is 3.89. The van der Waals surface area contributed by atoms with Gasteiger partial charge in [0.15, 0.2) is 16.6 Å². The van der Waals surface area contributed by atoms with Crippen molar-refractivity contribution < 1.29 is 23.8 Å². The van der Waals surface area contributed by atoms with E-state index in [1.165, 1.54) is 0 Å². The van der Waals surface area contributed by atoms with E-state index in [0.29, 0.717) is 22.8 Å². The van der Waals surface area contributed by atoms with E-state index in [4.69, 9.17) is 14.2 Å². The average Bonchev–Trinajstić information content (AvgIpc) is 3.37. The molecule has 0 radical (unpaired) electrons. The molecule has 1 aromatic carbocycles. The summed E-state index contributed by atoms with van der Waals surface area (Å²) in [6, 6.07) is 5.04. The zero-order chi connectivity index (χ0) is 22.8. The van der Waals surface area contributed by atoms with E-state index in [0.717, 1.165) is 22.1 Å². The number of rotatable bonds is 6. The number of aromatic amines is 1. The topological polar surface area (TPSA) is 142 Å². The van der Waals surface area contributed by atoms with Gasteiger partial charge in [0.2, 0.25) is 6.79 Å². The second kappa shape index (κ2) is 8.67. The predicted octanol–water partition coefficient (Wildman–Crippen LogP) is 1.51. The highest BCUT2D eigenvalue weighted by atomic mass is 32.1. The minimum absolute atomic E-state index is 0.0741. The first-order valence-corrected chi connectivity index (χ1v) is 10.4. The van der Waals surface area contributed by atoms with Crippen molar-refractivity contribution in [1.82, 2.24) is 14.5 Å². The number of ether oxygens (including phenoxy) is 3. The van der Waals surface area contributed by atoms with Gasteiger partial charge in [0.1, 0.15) is 10.4 Å². The smallest absolute Gasteiger partial charge is 0.350 e. The Hall–Kier alpha value is -3.93. The summed E-state index contributed by atoms with van der Waals surface area (Å²) in [4.78, 5) is 56.5. The molecule has 3 heterocycles. The van der Waals surface area contributed by atoms with Gasteiger partial charge in [-0.2, -0.15) is 0 Å². The number of carbonyl (C=O) groups is 2. The van der Waals surface area contributed by atoms with Crippen LogP contribution in [0.5, 0.6) is 11.5 Å². The van der Waals surface area contributed by atoms with Gasteiger partial charge in [-0.1, -0.05) is 17.4 Å². The maximum Gasteiger partial charge on any atom is 0.350 e. The summed E-state index contributed by atoms with van der Waals surface area (Å²) in [5, 5.41) is 2.62. The Morgan fingerprint density at radius 1 is 1.28 bits per heavy atom. The summed E-state index contributed by atoms with van der Waals surface area (Å²) in [6.45, 7) is 3.52. The first-order chi connectivity index (χ1) is 15.4. The van der Waals surface area contributed by atoms with Gasteiger partial charge in [-0.05, 0) is 31.5 Å². The van der Waals surface area contributed by atoms with Gasteiger partial charge >= 0.3 is 11.7 Å². The van der Waals surface area contributed by atoms with Crippen LogP contribution in [0.2, 0.25) is 0 Å². The molecule has 1 amide bonds. The van der Waals surface area contributed by atoms with Crippen molar-refractivity contribution in [2.45, 2.75) is 20.4 Å². The van der Waals surface area contributed by atoms with Crippen molar-refractivity contribution in [3.05, 3.63) is 66.9 Å². The highest BCUT2D eigenvalue weighted by Gasteiger charge is 2.21. The molecule has 2 N–H and O–H groups in total. The number of benzene rings is 1. The maximum atomic E-state index is 12.9. The van der Waals surface area contributed by atoms with Crippen molar-refractivity contribution in [1.29, 1.82) is 0 Å². The number of H-pyrrole nitrogens is 1. The third kappa shape index (κ3) is 4.12. The van der Waals surface area contributed by atoms with Crippen LogP contribution < -0.4 is 26.0 Å². The van der Waals surface area contributed by atoms with Crippen LogP contribution in [0.15, 0.2) is 34.0 Å². The van der Waals surface area contributed by atoms with Gasteiger partial charge in [0.25, 0.3) is 11.5 Å². The van der Waals surface area contributed by atoms with E-state index in [1.54, 1.807) is 32.0 Å². The molecule has 0 spiro atoms. The van der Waals surface area contributed by atoms with Crippen molar-refractivity contribution in [2.24, 2.45) is 0 Å². The van der Waals surface area contributed by atoms with E-state index in [1.807, 2.05) is 0 Å². The van der Waals surface area contributed by atoms with Crippen LogP contribution in [0, 0.1) is 6.92 Å². The molecule has 166 valence electrons. The summed E-state index contributed by atoms with van der Waals surface area (Å²) in [5.74, 6) is -0.227. The van der Waals surface area contributed by atoms with Crippen LogP contribution in [0.25, 0.3) is 0 Å². The summed E-state index contributed by atoms with van der Waals surface area (Å²) >= 11 is 0.934. The molecular weight excluding hydrogens is 440 g/mol. The molecular formula is C20H18N4O7S. The van der Waals surface area contributed by atoms with Crippen molar-refractivity contribution >= 4 is 28.3 Å². The molecule has 0 aliphatic carbocycles. The molecule has 1 aliphatic rings. The Labute approximate surface area is 184 Å². The number of carbonyl (C=O) groups excluding carboxylic acids is 2. The number of nitrogens with one attached hydrogen (secondary N) is 2. The van der Waals surface area contributed by atoms with E-state index in [9.17, 15) is 19.2 Å². The lowest BCUT2D eigenvalue weighted by atomic mass is 10.2. The first kappa shape index (κ1) is 21.3. The molecule has 2 aromatic heterocycles. The van der Waals surface area contributed by atoms with E-state index in [-0.39, 0.29) is 35.5 Å². The van der Waals surface area contributed by atoms with Gasteiger partial charge in [-0.25, -0.2) is 14.6 Å². The van der Waals surface area contributed by atoms with Gasteiger partial charge < -0.3 is 19.2 Å². The second-order valence-corrected chi connectivity index (χ2v) is 7.69. The molecule has 0 atom stereocenters. The summed E-state index contributed by atoms with van der Waals surface area (Å²) < 4.78 is 16.4. The van der Waals surface area contributed by atoms with Crippen LogP contribution >= 0.6 is 11.3 Å². The molecule has 1 aliphatic heterocycles. The quantitative estimate of drug-likeness (QED) is 0.530. The van der Waals surface area contributed by atoms with Crippen LogP contribution in [0.4, 0.5) is 5.13 Å². The standard InChI is InChI=1S/C20H18N4O7S/c1-3-29-18(27)15-10(2)22-19(32-15)23-16(25)12-7-21-20(28)24(17(12)26)8-11-4-5-13-14(6-11)31-9-30-13/h4-7H,3,8-9H2,1-2H3,(H,21,28)(H,22,23,25). The SMILES string of the molecule is CCOC(=O)c1sc(NC(=O)c2c[nH]c(=O)n(Cc3ccc4c(c3)OCO4)c2=O)nc1C. The predicted molar refractivity (Wildman–Crippen MR) is 114 cm³/mol. The van der Waals surface area contributed by atoms with Gasteiger partial charge in [-0.15, -0.1) is 0 Å². The number of fused-ring (bicyclic) bond motifs is 1. The largest absolute Gasteiger partial charge is 0.462 e. The van der Waals surface area contributed by atoms with Gasteiger partial charge in [0.05, 0.1) is 18.8 Å². The number of hydrogen-bond acceptors (Lipinski definition) is 9. The van der Waals surface area contributed by atoms with E-state index >= 15 is 0 Å². The molecule has 0 saturated heterocycles. The Balaban J connectivity index is 1.58. The van der Waals surface area contributed by atoms with Crippen molar-refractivity contribution in [2.75, 3.05) is 18.7 Å². The Morgan fingerprint density at radius 2 is 2.06 bits per heavy atom. The minimum atomic E-state index is -0.775. The summed E-state index contributed by atoms with van der Waals surface area (Å²) in [5.41, 5.74) is -0.711. The van der Waals surface area contributed by atoms with Crippen molar-refractivity contribution in [3.63, 3.8) is 0 Å². The fourth-order valence-electron chi connectivity index (χ4n) is 3.04. The Bertz CT molecular complexity index is 1320. The molecule has 0 fully saturated rings. The highest BCUT2D eigenvalue weighted by Crippen LogP contribution is 2.32. The normalized spacial score (nSPS) is 11.9. The van der Waals surface area contributed by atoms with Gasteiger partial charge in [0, 0.05) is 6.20 Å². The number of aryl methyl sites for hydroxylation is 1. The molecule has 3 aromatic rings. The number of esters is 1. The molecule has 12 heteroatoms. The molecule has 0 bridgehead atoms. The average molecular weight is 458 g/mol. The third-order valence-corrected chi connectivity index (χ3v) is 5.61. The summed E-state index contributed by atoms with van der Waals surface area (Å²) in [7, 11) is 0. The Kier molecular flexibility index (Phi) is 5.77. The number of hydrogen-bond donors (Lipinski definition) is 2. The van der Waals surface area contributed by atoms with Crippen LogP contribution in [0.3, 0.4) is 0 Å². The zero-order valence-electron chi connectivity index (χ0n) is 17.1. The lowest BCUT2D eigenvalue weighted by molar-refractivity contribution is 0.0531. The Morgan fingerprint density at radius 3 is 2.84 bits per heavy atom. The lowest BCUT2D eigenvalue weighted by Gasteiger charge is -2.08. The first-order valence-electron chi connectivity index (χ1n) is 9.54. The fraction of sp³-hybridized carbons (Fsp3) is 0.250. The molecule has 32 heavy (non-hydrogen) atoms. The number of aromatic nitrogens is 3. The number of nitrogens with zero attached hydrogens (tertiary/aromatic N) is 2. The summed E-state index contributed by atoms with van der Waals surface area (Å²) in [6.07, 6.45) is 1.04. The van der Waals surface area contributed by atoms with E-state index < -0.39 is 23.1 Å². The number of thiazole rings is 1. The van der Waals surface area contributed by atoms with Crippen LogP contribution in [0.1, 0.15) is 38.2 Å². The second-order valence-electron chi connectivity index (χ2n) is 6.69. The number of anilines is 1. The molecule has 11 nitrogen and oxygen atoms in total. The van der Waals surface area contributed by atoms with Crippen molar-refractivity contribution in [3.8, 4) is 11.5 Å². The highest BCUT2D eigenvalue weighted by molar-refractivity contribution is 7.17. The van der Waals surface area contributed by atoms with Crippen LogP contribution in [-0.2, 0) is 11.3 Å². The number of amides is 1. The molecule has 0 unspecified atom stereocenters. The van der Waals surface area contributed by atoms with Gasteiger partial charge in [-0.3, -0.25) is 19.5 Å². The molecule has 0 saturated carbocycles. The monoisotopic (exact) mass is 458 g/mol. The maximum absolute atomic E-state index is 12.9. The minimum Gasteiger partial charge on any atom is -0.462 e. The van der Waals surface area contributed by atoms with Crippen LogP contribution in [-0.4, -0.2) is 39.8 Å². The zero-order valence-corrected chi connectivity index (χ0v) is 17.9. The lowest BCUT2D eigenvalue weighted by Crippen LogP contribution is -2.39. The molecule has 4 rings (SSSR count). The third-order valence-electron chi connectivity index (χ3n) is 4.56. The van der Waals surface area contributed by atoms with E-state index in [2.05, 4.69) is 15.3 Å².